The summed E-state index contributed by atoms with van der Waals surface area (Å²) in [6.07, 6.45) is 3.76. The highest BCUT2D eigenvalue weighted by molar-refractivity contribution is 7.13. The first-order valence-corrected chi connectivity index (χ1v) is 8.84. The van der Waals surface area contributed by atoms with Crippen LogP contribution >= 0.6 is 11.3 Å². The van der Waals surface area contributed by atoms with Gasteiger partial charge in [0.1, 0.15) is 5.01 Å². The summed E-state index contributed by atoms with van der Waals surface area (Å²) < 4.78 is 0. The van der Waals surface area contributed by atoms with Crippen molar-refractivity contribution in [3.8, 4) is 10.6 Å². The Kier molecular flexibility index (Phi) is 4.89. The van der Waals surface area contributed by atoms with E-state index in [0.717, 1.165) is 16.3 Å². The Bertz CT molecular complexity index is 729. The fourth-order valence-electron chi connectivity index (χ4n) is 2.74. The summed E-state index contributed by atoms with van der Waals surface area (Å²) in [7, 11) is 0. The number of hydrogen-bond donors (Lipinski definition) is 1. The van der Waals surface area contributed by atoms with E-state index >= 15 is 0 Å². The Labute approximate surface area is 144 Å². The lowest BCUT2D eigenvalue weighted by Crippen LogP contribution is -2.35. The number of nitrogens with one attached hydrogen (secondary N) is 1. The van der Waals surface area contributed by atoms with Gasteiger partial charge in [0.05, 0.1) is 18.2 Å². The first kappa shape index (κ1) is 16.6. The molecule has 3 rings (SSSR count). The molecule has 2 amide bonds. The molecule has 1 atom stereocenters. The molecule has 3 heterocycles. The second-order valence-corrected chi connectivity index (χ2v) is 7.00. The van der Waals surface area contributed by atoms with Gasteiger partial charge in [-0.25, -0.2) is 4.98 Å². The first-order chi connectivity index (χ1) is 11.5. The average Bonchev–Trinajstić information content (AvgIpc) is 3.20. The Balaban J connectivity index is 1.56. The van der Waals surface area contributed by atoms with Gasteiger partial charge in [-0.3, -0.25) is 14.6 Å². The van der Waals surface area contributed by atoms with Gasteiger partial charge >= 0.3 is 0 Å². The number of aromatic nitrogens is 2. The van der Waals surface area contributed by atoms with E-state index in [2.05, 4.69) is 15.3 Å². The minimum Gasteiger partial charge on any atom is -0.350 e. The number of rotatable bonds is 5. The van der Waals surface area contributed by atoms with Gasteiger partial charge < -0.3 is 10.2 Å². The quantitative estimate of drug-likeness (QED) is 0.901. The van der Waals surface area contributed by atoms with Crippen LogP contribution in [-0.4, -0.2) is 39.3 Å². The Hall–Kier alpha value is -2.28. The second-order valence-electron chi connectivity index (χ2n) is 6.14. The zero-order chi connectivity index (χ0) is 17.1. The molecule has 0 aliphatic carbocycles. The number of thiazole rings is 1. The normalized spacial score (nSPS) is 17.5. The van der Waals surface area contributed by atoms with E-state index in [1.165, 1.54) is 11.3 Å². The number of pyridine rings is 1. The fourth-order valence-corrected chi connectivity index (χ4v) is 3.57. The van der Waals surface area contributed by atoms with Gasteiger partial charge in [-0.05, 0) is 26.0 Å². The van der Waals surface area contributed by atoms with E-state index < -0.39 is 0 Å². The standard InChI is InChI=1S/C17H20N4O2S/c1-11(2)21-9-13(7-15(21)22)16(23)19-8-14-10-24-17(20-14)12-3-5-18-6-4-12/h3-6,10-11,13H,7-9H2,1-2H3,(H,19,23). The van der Waals surface area contributed by atoms with Crippen LogP contribution in [-0.2, 0) is 16.1 Å². The van der Waals surface area contributed by atoms with Crippen LogP contribution in [0.1, 0.15) is 26.0 Å². The van der Waals surface area contributed by atoms with Gasteiger partial charge in [0.15, 0.2) is 0 Å². The van der Waals surface area contributed by atoms with E-state index in [9.17, 15) is 9.59 Å². The molecule has 7 heteroatoms. The third-order valence-corrected chi connectivity index (χ3v) is 5.02. The minimum atomic E-state index is -0.266. The van der Waals surface area contributed by atoms with Crippen molar-refractivity contribution >= 4 is 23.2 Å². The Morgan fingerprint density at radius 1 is 1.42 bits per heavy atom. The Morgan fingerprint density at radius 3 is 2.83 bits per heavy atom. The van der Waals surface area contributed by atoms with Gasteiger partial charge in [0.25, 0.3) is 0 Å². The van der Waals surface area contributed by atoms with Crippen LogP contribution < -0.4 is 5.32 Å². The van der Waals surface area contributed by atoms with Crippen LogP contribution in [0.4, 0.5) is 0 Å². The van der Waals surface area contributed by atoms with E-state index in [4.69, 9.17) is 0 Å². The summed E-state index contributed by atoms with van der Waals surface area (Å²) in [5.41, 5.74) is 1.84. The van der Waals surface area contributed by atoms with Gasteiger partial charge in [-0.1, -0.05) is 0 Å². The van der Waals surface area contributed by atoms with Crippen LogP contribution in [0.15, 0.2) is 29.9 Å². The molecular weight excluding hydrogens is 324 g/mol. The summed E-state index contributed by atoms with van der Waals surface area (Å²) in [5.74, 6) is -0.290. The van der Waals surface area contributed by atoms with Crippen LogP contribution in [0, 0.1) is 5.92 Å². The SMILES string of the molecule is CC(C)N1CC(C(=O)NCc2csc(-c3ccncc3)n2)CC1=O. The van der Waals surface area contributed by atoms with Gasteiger partial charge in [-0.15, -0.1) is 11.3 Å². The first-order valence-electron chi connectivity index (χ1n) is 7.96. The van der Waals surface area contributed by atoms with Gasteiger partial charge in [0.2, 0.25) is 11.8 Å². The molecule has 1 fully saturated rings. The molecule has 0 bridgehead atoms. The second kappa shape index (κ2) is 7.09. The summed E-state index contributed by atoms with van der Waals surface area (Å²) in [6.45, 7) is 4.82. The molecule has 2 aromatic heterocycles. The number of likely N-dealkylation sites (tertiary alicyclic amines) is 1. The molecule has 6 nitrogen and oxygen atoms in total. The van der Waals surface area contributed by atoms with E-state index in [-0.39, 0.29) is 23.8 Å². The van der Waals surface area contributed by atoms with Crippen molar-refractivity contribution in [3.63, 3.8) is 0 Å². The third kappa shape index (κ3) is 3.62. The largest absolute Gasteiger partial charge is 0.350 e. The monoisotopic (exact) mass is 344 g/mol. The molecule has 0 aromatic carbocycles. The van der Waals surface area contributed by atoms with Gasteiger partial charge in [-0.2, -0.15) is 0 Å². The molecule has 0 spiro atoms. The minimum absolute atomic E-state index is 0.0544. The zero-order valence-electron chi connectivity index (χ0n) is 13.7. The summed E-state index contributed by atoms with van der Waals surface area (Å²) in [4.78, 5) is 34.5. The predicted molar refractivity (Wildman–Crippen MR) is 92.1 cm³/mol. The fraction of sp³-hybridized carbons (Fsp3) is 0.412. The summed E-state index contributed by atoms with van der Waals surface area (Å²) >= 11 is 1.54. The molecule has 1 unspecified atom stereocenters. The van der Waals surface area contributed by atoms with Crippen LogP contribution in [0.25, 0.3) is 10.6 Å². The van der Waals surface area contributed by atoms with E-state index in [1.807, 2.05) is 31.4 Å². The molecule has 0 saturated carbocycles. The van der Waals surface area contributed by atoms with Crippen LogP contribution in [0.5, 0.6) is 0 Å². The zero-order valence-corrected chi connectivity index (χ0v) is 14.5. The topological polar surface area (TPSA) is 75.2 Å². The van der Waals surface area contributed by atoms with Crippen molar-refractivity contribution in [1.82, 2.24) is 20.2 Å². The highest BCUT2D eigenvalue weighted by Gasteiger charge is 2.35. The van der Waals surface area contributed by atoms with Crippen LogP contribution in [0.2, 0.25) is 0 Å². The molecule has 1 aliphatic heterocycles. The van der Waals surface area contributed by atoms with Crippen molar-refractivity contribution in [2.75, 3.05) is 6.54 Å². The maximum absolute atomic E-state index is 12.3. The molecule has 1 aliphatic rings. The molecule has 1 saturated heterocycles. The van der Waals surface area contributed by atoms with Crippen molar-refractivity contribution in [1.29, 1.82) is 0 Å². The highest BCUT2D eigenvalue weighted by Crippen LogP contribution is 2.23. The van der Waals surface area contributed by atoms with Crippen molar-refractivity contribution in [2.45, 2.75) is 32.9 Å². The lowest BCUT2D eigenvalue weighted by atomic mass is 10.1. The molecule has 1 N–H and O–H groups in total. The molecule has 0 radical (unpaired) electrons. The lowest BCUT2D eigenvalue weighted by molar-refractivity contribution is -0.130. The van der Waals surface area contributed by atoms with Crippen molar-refractivity contribution in [2.24, 2.45) is 5.92 Å². The maximum Gasteiger partial charge on any atom is 0.225 e. The number of carbonyl (C=O) groups excluding carboxylic acids is 2. The summed E-state index contributed by atoms with van der Waals surface area (Å²) in [6, 6.07) is 3.95. The molecule has 24 heavy (non-hydrogen) atoms. The Morgan fingerprint density at radius 2 is 2.17 bits per heavy atom. The predicted octanol–water partition coefficient (Wildman–Crippen LogP) is 2.08. The number of amides is 2. The smallest absolute Gasteiger partial charge is 0.225 e. The van der Waals surface area contributed by atoms with E-state index in [0.29, 0.717) is 19.5 Å². The molecule has 126 valence electrons. The van der Waals surface area contributed by atoms with Crippen molar-refractivity contribution in [3.05, 3.63) is 35.6 Å². The maximum atomic E-state index is 12.3. The van der Waals surface area contributed by atoms with Crippen molar-refractivity contribution < 1.29 is 9.59 Å². The van der Waals surface area contributed by atoms with Crippen LogP contribution in [0.3, 0.4) is 0 Å². The summed E-state index contributed by atoms with van der Waals surface area (Å²) in [5, 5.41) is 5.75. The highest BCUT2D eigenvalue weighted by atomic mass is 32.1. The number of nitrogens with zero attached hydrogens (tertiary/aromatic N) is 3. The third-order valence-electron chi connectivity index (χ3n) is 4.08. The number of carbonyl (C=O) groups is 2. The average molecular weight is 344 g/mol. The molecule has 2 aromatic rings. The lowest BCUT2D eigenvalue weighted by Gasteiger charge is -2.20. The molecular formula is C17H20N4O2S. The van der Waals surface area contributed by atoms with Gasteiger partial charge in [0, 0.05) is 42.3 Å². The number of hydrogen-bond acceptors (Lipinski definition) is 5. The van der Waals surface area contributed by atoms with E-state index in [1.54, 1.807) is 17.3 Å².